The molecule has 0 radical (unpaired) electrons. The molecular weight excluding hydrogens is 389 g/mol. The van der Waals surface area contributed by atoms with Crippen LogP contribution in [0.2, 0.25) is 5.02 Å². The Morgan fingerprint density at radius 2 is 1.96 bits per heavy atom. The van der Waals surface area contributed by atoms with Crippen molar-refractivity contribution in [3.63, 3.8) is 0 Å². The van der Waals surface area contributed by atoms with Crippen molar-refractivity contribution in [2.75, 3.05) is 18.2 Å². The summed E-state index contributed by atoms with van der Waals surface area (Å²) >= 11 is 6.03. The van der Waals surface area contributed by atoms with Gasteiger partial charge in [0.05, 0.1) is 23.4 Å². The molecule has 3 N–H and O–H groups in total. The van der Waals surface area contributed by atoms with Crippen molar-refractivity contribution in [1.29, 1.82) is 0 Å². The minimum atomic E-state index is -0.359. The number of oxazole rings is 1. The van der Waals surface area contributed by atoms with Crippen LogP contribution < -0.4 is 15.8 Å². The van der Waals surface area contributed by atoms with E-state index in [0.29, 0.717) is 39.7 Å². The van der Waals surface area contributed by atoms with E-state index < -0.39 is 0 Å². The molecular formula is C19H21Cl2N3O3. The highest BCUT2D eigenvalue weighted by atomic mass is 35.5. The van der Waals surface area contributed by atoms with Gasteiger partial charge in [-0.15, -0.1) is 12.4 Å². The molecule has 0 saturated heterocycles. The highest BCUT2D eigenvalue weighted by Crippen LogP contribution is 2.30. The van der Waals surface area contributed by atoms with E-state index in [-0.39, 0.29) is 28.8 Å². The van der Waals surface area contributed by atoms with Gasteiger partial charge >= 0.3 is 0 Å². The molecule has 0 aliphatic heterocycles. The van der Waals surface area contributed by atoms with Crippen LogP contribution in [-0.4, -0.2) is 18.0 Å². The van der Waals surface area contributed by atoms with Gasteiger partial charge in [-0.05, 0) is 24.3 Å². The van der Waals surface area contributed by atoms with Crippen molar-refractivity contribution in [2.24, 2.45) is 0 Å². The summed E-state index contributed by atoms with van der Waals surface area (Å²) in [5, 5.41) is 3.11. The Morgan fingerprint density at radius 1 is 1.26 bits per heavy atom. The average molecular weight is 410 g/mol. The fourth-order valence-corrected chi connectivity index (χ4v) is 2.60. The van der Waals surface area contributed by atoms with E-state index in [4.69, 9.17) is 26.5 Å². The number of nitrogens with zero attached hydrogens (tertiary/aromatic N) is 1. The Morgan fingerprint density at radius 3 is 2.59 bits per heavy atom. The molecule has 1 heterocycles. The number of ether oxygens (including phenoxy) is 1. The van der Waals surface area contributed by atoms with Gasteiger partial charge in [0.25, 0.3) is 5.91 Å². The number of fused-ring (bicyclic) bond motifs is 1. The highest BCUT2D eigenvalue weighted by Gasteiger charge is 2.21. The van der Waals surface area contributed by atoms with Crippen LogP contribution in [0.5, 0.6) is 5.75 Å². The molecule has 0 bridgehead atoms. The lowest BCUT2D eigenvalue weighted by Crippen LogP contribution is -2.13. The zero-order valence-electron chi connectivity index (χ0n) is 15.4. The van der Waals surface area contributed by atoms with Crippen molar-refractivity contribution in [1.82, 2.24) is 4.98 Å². The van der Waals surface area contributed by atoms with E-state index >= 15 is 0 Å². The molecule has 0 aliphatic carbocycles. The van der Waals surface area contributed by atoms with Crippen LogP contribution in [0.1, 0.15) is 37.0 Å². The number of nitrogen functional groups attached to an aromatic ring is 1. The zero-order chi connectivity index (χ0) is 19.1. The van der Waals surface area contributed by atoms with Crippen LogP contribution in [0, 0.1) is 0 Å². The van der Waals surface area contributed by atoms with Crippen molar-refractivity contribution >= 4 is 52.4 Å². The van der Waals surface area contributed by atoms with Gasteiger partial charge in [-0.25, -0.2) is 4.98 Å². The number of amides is 1. The van der Waals surface area contributed by atoms with Gasteiger partial charge in [0.15, 0.2) is 5.58 Å². The molecule has 1 aromatic heterocycles. The molecule has 6 nitrogen and oxygen atoms in total. The molecule has 1 amide bonds. The fourth-order valence-electron chi connectivity index (χ4n) is 2.44. The highest BCUT2D eigenvalue weighted by molar-refractivity contribution is 6.33. The second-order valence-electron chi connectivity index (χ2n) is 6.98. The van der Waals surface area contributed by atoms with Gasteiger partial charge in [-0.3, -0.25) is 4.79 Å². The number of carbonyl (C=O) groups excluding carboxylic acids is 1. The van der Waals surface area contributed by atoms with Crippen LogP contribution in [0.3, 0.4) is 0 Å². The van der Waals surface area contributed by atoms with E-state index in [2.05, 4.69) is 10.3 Å². The number of halogens is 2. The summed E-state index contributed by atoms with van der Waals surface area (Å²) in [4.78, 5) is 17.1. The van der Waals surface area contributed by atoms with E-state index in [1.807, 2.05) is 20.8 Å². The first-order chi connectivity index (χ1) is 12.2. The lowest BCUT2D eigenvalue weighted by molar-refractivity contribution is 0.102. The maximum atomic E-state index is 12.6. The molecule has 144 valence electrons. The van der Waals surface area contributed by atoms with Crippen LogP contribution in [-0.2, 0) is 5.41 Å². The molecule has 0 fully saturated rings. The number of nitrogens with one attached hydrogen (secondary N) is 1. The number of aromatic nitrogens is 1. The van der Waals surface area contributed by atoms with Crippen LogP contribution in [0.15, 0.2) is 34.7 Å². The third kappa shape index (κ3) is 4.28. The van der Waals surface area contributed by atoms with E-state index in [0.717, 1.165) is 0 Å². The van der Waals surface area contributed by atoms with E-state index in [1.165, 1.54) is 19.2 Å². The predicted octanol–water partition coefficient (Wildman–Crippen LogP) is 5.04. The monoisotopic (exact) mass is 409 g/mol. The maximum absolute atomic E-state index is 12.6. The van der Waals surface area contributed by atoms with Gasteiger partial charge in [0.2, 0.25) is 5.89 Å². The van der Waals surface area contributed by atoms with Crippen molar-refractivity contribution in [2.45, 2.75) is 26.2 Å². The van der Waals surface area contributed by atoms with Gasteiger partial charge in [-0.2, -0.15) is 0 Å². The van der Waals surface area contributed by atoms with Crippen molar-refractivity contribution in [3.05, 3.63) is 46.8 Å². The Kier molecular flexibility index (Phi) is 5.92. The minimum Gasteiger partial charge on any atom is -0.496 e. The summed E-state index contributed by atoms with van der Waals surface area (Å²) in [6.45, 7) is 6.08. The Labute approximate surface area is 168 Å². The summed E-state index contributed by atoms with van der Waals surface area (Å²) in [7, 11) is 1.47. The number of methoxy groups -OCH3 is 1. The standard InChI is InChI=1S/C19H20ClN3O3.ClH/c1-19(2,3)18-23-14-7-10(5-6-15(14)26-18)22-17(24)11-8-12(20)13(21)9-16(11)25-4;/h5-9H,21H2,1-4H3,(H,22,24);1H. The predicted molar refractivity (Wildman–Crippen MR) is 110 cm³/mol. The van der Waals surface area contributed by atoms with Gasteiger partial charge in [0.1, 0.15) is 11.3 Å². The molecule has 0 atom stereocenters. The first-order valence-corrected chi connectivity index (χ1v) is 8.42. The van der Waals surface area contributed by atoms with Crippen LogP contribution in [0.4, 0.5) is 11.4 Å². The van der Waals surface area contributed by atoms with E-state index in [1.54, 1.807) is 18.2 Å². The Hall–Kier alpha value is -2.44. The number of benzene rings is 2. The summed E-state index contributed by atoms with van der Waals surface area (Å²) in [6.07, 6.45) is 0. The summed E-state index contributed by atoms with van der Waals surface area (Å²) in [6, 6.07) is 8.30. The Balaban J connectivity index is 0.00000261. The van der Waals surface area contributed by atoms with Gasteiger partial charge < -0.3 is 20.2 Å². The lowest BCUT2D eigenvalue weighted by Gasteiger charge is -2.11. The second kappa shape index (κ2) is 7.66. The van der Waals surface area contributed by atoms with E-state index in [9.17, 15) is 4.79 Å². The number of hydrogen-bond acceptors (Lipinski definition) is 5. The van der Waals surface area contributed by atoms with Crippen molar-refractivity contribution < 1.29 is 13.9 Å². The maximum Gasteiger partial charge on any atom is 0.259 e. The summed E-state index contributed by atoms with van der Waals surface area (Å²) in [5.74, 6) is 0.632. The molecule has 3 rings (SSSR count). The first-order valence-electron chi connectivity index (χ1n) is 8.04. The number of carbonyl (C=O) groups is 1. The first kappa shape index (κ1) is 20.9. The molecule has 0 unspecified atom stereocenters. The third-order valence-corrected chi connectivity index (χ3v) is 4.18. The smallest absolute Gasteiger partial charge is 0.259 e. The topological polar surface area (TPSA) is 90.4 Å². The molecule has 3 aromatic rings. The summed E-state index contributed by atoms with van der Waals surface area (Å²) in [5.41, 5.74) is 8.13. The fraction of sp³-hybridized carbons (Fsp3) is 0.263. The van der Waals surface area contributed by atoms with Gasteiger partial charge in [0, 0.05) is 17.2 Å². The molecule has 0 aliphatic rings. The molecule has 8 heteroatoms. The largest absolute Gasteiger partial charge is 0.496 e. The Bertz CT molecular complexity index is 994. The quantitative estimate of drug-likeness (QED) is 0.590. The summed E-state index contributed by atoms with van der Waals surface area (Å²) < 4.78 is 11.0. The molecule has 0 saturated carbocycles. The third-order valence-electron chi connectivity index (χ3n) is 3.85. The number of hydrogen-bond donors (Lipinski definition) is 2. The zero-order valence-corrected chi connectivity index (χ0v) is 17.0. The normalized spacial score (nSPS) is 11.1. The molecule has 2 aromatic carbocycles. The second-order valence-corrected chi connectivity index (χ2v) is 7.39. The van der Waals surface area contributed by atoms with Crippen molar-refractivity contribution in [3.8, 4) is 5.75 Å². The van der Waals surface area contributed by atoms with Crippen LogP contribution in [0.25, 0.3) is 11.1 Å². The molecule has 0 spiro atoms. The number of nitrogens with two attached hydrogens (primary N) is 1. The number of rotatable bonds is 3. The SMILES string of the molecule is COc1cc(N)c(Cl)cc1C(=O)Nc1ccc2oc(C(C)(C)C)nc2c1.Cl. The van der Waals surface area contributed by atoms with Crippen LogP contribution >= 0.6 is 24.0 Å². The van der Waals surface area contributed by atoms with Gasteiger partial charge in [-0.1, -0.05) is 32.4 Å². The lowest BCUT2D eigenvalue weighted by atomic mass is 9.97. The minimum absolute atomic E-state index is 0. The number of anilines is 2. The average Bonchev–Trinajstić information content (AvgIpc) is 3.00. The molecule has 27 heavy (non-hydrogen) atoms.